The zero-order chi connectivity index (χ0) is 16.2. The third-order valence-electron chi connectivity index (χ3n) is 4.01. The van der Waals surface area contributed by atoms with E-state index < -0.39 is 5.91 Å². The largest absolute Gasteiger partial charge is 0.364 e. The summed E-state index contributed by atoms with van der Waals surface area (Å²) in [4.78, 5) is 34.4. The molecule has 1 fully saturated rings. The minimum absolute atomic E-state index is 0.102. The van der Waals surface area contributed by atoms with Gasteiger partial charge in [-0.2, -0.15) is 0 Å². The molecule has 1 aliphatic rings. The molecule has 0 bridgehead atoms. The van der Waals surface area contributed by atoms with Crippen LogP contribution < -0.4 is 5.73 Å². The molecule has 2 aromatic heterocycles. The molecule has 0 saturated carbocycles. The molecule has 1 saturated heterocycles. The quantitative estimate of drug-likeness (QED) is 0.924. The Morgan fingerprint density at radius 1 is 1.39 bits per heavy atom. The molecule has 1 atom stereocenters. The molecular weight excluding hydrogens is 312 g/mol. The highest BCUT2D eigenvalue weighted by Crippen LogP contribution is 2.23. The molecule has 2 amide bonds. The average Bonchev–Trinajstić information content (AvgIpc) is 3.09. The third-order valence-corrected chi connectivity index (χ3v) is 4.87. The summed E-state index contributed by atoms with van der Waals surface area (Å²) in [5.41, 5.74) is 6.28. The lowest BCUT2D eigenvalue weighted by Gasteiger charge is -2.32. The van der Waals surface area contributed by atoms with Crippen molar-refractivity contribution < 1.29 is 9.59 Å². The lowest BCUT2D eigenvalue weighted by Crippen LogP contribution is -2.40. The van der Waals surface area contributed by atoms with E-state index in [0.717, 1.165) is 36.4 Å². The molecule has 120 valence electrons. The molecule has 6 nitrogen and oxygen atoms in total. The normalized spacial score (nSPS) is 17.9. The van der Waals surface area contributed by atoms with Crippen LogP contribution in [0.2, 0.25) is 0 Å². The summed E-state index contributed by atoms with van der Waals surface area (Å²) in [6.07, 6.45) is 4.11. The van der Waals surface area contributed by atoms with Crippen molar-refractivity contribution >= 4 is 23.2 Å². The standard InChI is InChI=1S/C16H18N4O2S/c17-15(21)13-8-12(18-10-19-13)7-11-3-1-5-20(9-11)16(22)14-4-2-6-23-14/h2,4,6,8,10-11H,1,3,5,7,9H2,(H2,17,21). The second-order valence-corrected chi connectivity index (χ2v) is 6.65. The molecule has 0 spiro atoms. The monoisotopic (exact) mass is 330 g/mol. The fourth-order valence-corrected chi connectivity index (χ4v) is 3.60. The van der Waals surface area contributed by atoms with Gasteiger partial charge in [0.05, 0.1) is 4.88 Å². The number of nitrogens with zero attached hydrogens (tertiary/aromatic N) is 3. The number of aromatic nitrogens is 2. The van der Waals surface area contributed by atoms with Gasteiger partial charge in [0.15, 0.2) is 0 Å². The maximum Gasteiger partial charge on any atom is 0.267 e. The Hall–Kier alpha value is -2.28. The van der Waals surface area contributed by atoms with Gasteiger partial charge in [0, 0.05) is 18.8 Å². The van der Waals surface area contributed by atoms with E-state index in [1.165, 1.54) is 17.7 Å². The first-order chi connectivity index (χ1) is 11.1. The topological polar surface area (TPSA) is 89.2 Å². The van der Waals surface area contributed by atoms with E-state index in [1.54, 1.807) is 6.07 Å². The fraction of sp³-hybridized carbons (Fsp3) is 0.375. The van der Waals surface area contributed by atoms with Crippen molar-refractivity contribution in [3.05, 3.63) is 46.2 Å². The number of rotatable bonds is 4. The number of carbonyl (C=O) groups is 2. The highest BCUT2D eigenvalue weighted by atomic mass is 32.1. The van der Waals surface area contributed by atoms with Crippen molar-refractivity contribution in [1.82, 2.24) is 14.9 Å². The first-order valence-electron chi connectivity index (χ1n) is 7.57. The predicted octanol–water partition coefficient (Wildman–Crippen LogP) is 1.73. The van der Waals surface area contributed by atoms with Gasteiger partial charge in [-0.05, 0) is 42.7 Å². The Morgan fingerprint density at radius 3 is 3.00 bits per heavy atom. The van der Waals surface area contributed by atoms with Gasteiger partial charge < -0.3 is 10.6 Å². The number of likely N-dealkylation sites (tertiary alicyclic amines) is 1. The fourth-order valence-electron chi connectivity index (χ4n) is 2.91. The van der Waals surface area contributed by atoms with Crippen LogP contribution in [0.1, 0.15) is 38.7 Å². The SMILES string of the molecule is NC(=O)c1cc(CC2CCCN(C(=O)c3cccs3)C2)ncn1. The highest BCUT2D eigenvalue weighted by molar-refractivity contribution is 7.12. The van der Waals surface area contributed by atoms with E-state index in [-0.39, 0.29) is 11.6 Å². The van der Waals surface area contributed by atoms with Gasteiger partial charge in [0.25, 0.3) is 11.8 Å². The lowest BCUT2D eigenvalue weighted by atomic mass is 9.93. The van der Waals surface area contributed by atoms with Crippen LogP contribution in [0.5, 0.6) is 0 Å². The second kappa shape index (κ2) is 6.87. The van der Waals surface area contributed by atoms with Gasteiger partial charge in [0.1, 0.15) is 12.0 Å². The first kappa shape index (κ1) is 15.6. The number of carbonyl (C=O) groups excluding carboxylic acids is 2. The van der Waals surface area contributed by atoms with E-state index in [9.17, 15) is 9.59 Å². The summed E-state index contributed by atoms with van der Waals surface area (Å²) < 4.78 is 0. The molecule has 0 radical (unpaired) electrons. The number of amides is 2. The maximum atomic E-state index is 12.5. The minimum atomic E-state index is -0.549. The van der Waals surface area contributed by atoms with Gasteiger partial charge in [-0.1, -0.05) is 6.07 Å². The predicted molar refractivity (Wildman–Crippen MR) is 87.2 cm³/mol. The second-order valence-electron chi connectivity index (χ2n) is 5.70. The zero-order valence-corrected chi connectivity index (χ0v) is 13.5. The Labute approximate surface area is 138 Å². The van der Waals surface area contributed by atoms with E-state index in [0.29, 0.717) is 12.5 Å². The smallest absolute Gasteiger partial charge is 0.267 e. The zero-order valence-electron chi connectivity index (χ0n) is 12.6. The first-order valence-corrected chi connectivity index (χ1v) is 8.45. The number of hydrogen-bond donors (Lipinski definition) is 1. The van der Waals surface area contributed by atoms with Gasteiger partial charge in [0.2, 0.25) is 0 Å². The molecule has 1 aliphatic heterocycles. The Bertz CT molecular complexity index is 702. The summed E-state index contributed by atoms with van der Waals surface area (Å²) in [5.74, 6) is -0.111. The molecule has 3 rings (SSSR count). The van der Waals surface area contributed by atoms with Crippen molar-refractivity contribution in [3.8, 4) is 0 Å². The van der Waals surface area contributed by atoms with Crippen LogP contribution in [0.4, 0.5) is 0 Å². The molecule has 0 aliphatic carbocycles. The number of piperidine rings is 1. The van der Waals surface area contributed by atoms with E-state index in [2.05, 4.69) is 9.97 Å². The van der Waals surface area contributed by atoms with Crippen LogP contribution >= 0.6 is 11.3 Å². The van der Waals surface area contributed by atoms with Crippen molar-refractivity contribution in [3.63, 3.8) is 0 Å². The van der Waals surface area contributed by atoms with Gasteiger partial charge in [-0.25, -0.2) is 9.97 Å². The Balaban J connectivity index is 1.66. The van der Waals surface area contributed by atoms with E-state index >= 15 is 0 Å². The molecule has 23 heavy (non-hydrogen) atoms. The van der Waals surface area contributed by atoms with Crippen LogP contribution in [0.15, 0.2) is 29.9 Å². The number of thiophene rings is 1. The number of nitrogens with two attached hydrogens (primary N) is 1. The van der Waals surface area contributed by atoms with Crippen LogP contribution in [0.25, 0.3) is 0 Å². The molecule has 2 N–H and O–H groups in total. The summed E-state index contributed by atoms with van der Waals surface area (Å²) in [6, 6.07) is 5.40. The minimum Gasteiger partial charge on any atom is -0.364 e. The molecule has 2 aromatic rings. The maximum absolute atomic E-state index is 12.5. The van der Waals surface area contributed by atoms with Gasteiger partial charge in [-0.3, -0.25) is 9.59 Å². The molecule has 1 unspecified atom stereocenters. The molecule has 0 aromatic carbocycles. The summed E-state index contributed by atoms with van der Waals surface area (Å²) in [7, 11) is 0. The number of primary amides is 1. The Kier molecular flexibility index (Phi) is 4.66. The highest BCUT2D eigenvalue weighted by Gasteiger charge is 2.25. The van der Waals surface area contributed by atoms with Crippen molar-refractivity contribution in [2.45, 2.75) is 19.3 Å². The Morgan fingerprint density at radius 2 is 2.26 bits per heavy atom. The van der Waals surface area contributed by atoms with Crippen molar-refractivity contribution in [2.75, 3.05) is 13.1 Å². The van der Waals surface area contributed by atoms with Crippen LogP contribution in [0, 0.1) is 5.92 Å². The average molecular weight is 330 g/mol. The third kappa shape index (κ3) is 3.73. The van der Waals surface area contributed by atoms with E-state index in [1.807, 2.05) is 22.4 Å². The van der Waals surface area contributed by atoms with E-state index in [4.69, 9.17) is 5.73 Å². The van der Waals surface area contributed by atoms with Crippen LogP contribution in [0.3, 0.4) is 0 Å². The summed E-state index contributed by atoms with van der Waals surface area (Å²) in [5, 5.41) is 1.92. The molecule has 7 heteroatoms. The van der Waals surface area contributed by atoms with Crippen molar-refractivity contribution in [2.24, 2.45) is 11.7 Å². The van der Waals surface area contributed by atoms with Gasteiger partial charge in [-0.15, -0.1) is 11.3 Å². The number of hydrogen-bond acceptors (Lipinski definition) is 5. The van der Waals surface area contributed by atoms with Crippen LogP contribution in [-0.2, 0) is 6.42 Å². The lowest BCUT2D eigenvalue weighted by molar-refractivity contribution is 0.0677. The van der Waals surface area contributed by atoms with Gasteiger partial charge >= 0.3 is 0 Å². The van der Waals surface area contributed by atoms with Crippen LogP contribution in [-0.4, -0.2) is 39.8 Å². The summed E-state index contributed by atoms with van der Waals surface area (Å²) in [6.45, 7) is 1.51. The molecular formula is C16H18N4O2S. The molecule has 3 heterocycles. The van der Waals surface area contributed by atoms with Crippen molar-refractivity contribution in [1.29, 1.82) is 0 Å². The summed E-state index contributed by atoms with van der Waals surface area (Å²) >= 11 is 1.47.